The van der Waals surface area contributed by atoms with Crippen LogP contribution in [-0.4, -0.2) is 47.6 Å². The van der Waals surface area contributed by atoms with E-state index in [0.717, 1.165) is 55.9 Å². The Kier molecular flexibility index (Phi) is 5.43. The summed E-state index contributed by atoms with van der Waals surface area (Å²) in [6, 6.07) is 7.28. The van der Waals surface area contributed by atoms with Crippen molar-refractivity contribution in [3.8, 4) is 0 Å². The molecule has 128 valence electrons. The van der Waals surface area contributed by atoms with Crippen molar-refractivity contribution in [1.29, 1.82) is 0 Å². The van der Waals surface area contributed by atoms with E-state index in [0.29, 0.717) is 10.0 Å². The first-order valence-electron chi connectivity index (χ1n) is 8.10. The molecule has 0 aliphatic carbocycles. The average molecular weight is 366 g/mol. The van der Waals surface area contributed by atoms with Gasteiger partial charge in [0.25, 0.3) is 0 Å². The van der Waals surface area contributed by atoms with E-state index in [2.05, 4.69) is 32.0 Å². The van der Waals surface area contributed by atoms with E-state index in [1.54, 1.807) is 12.1 Å². The molecule has 3 rings (SSSR count). The van der Waals surface area contributed by atoms with Crippen LogP contribution in [0.1, 0.15) is 12.6 Å². The van der Waals surface area contributed by atoms with E-state index >= 15 is 0 Å². The van der Waals surface area contributed by atoms with Gasteiger partial charge in [-0.05, 0) is 31.7 Å². The van der Waals surface area contributed by atoms with Crippen LogP contribution in [0.3, 0.4) is 0 Å². The highest BCUT2D eigenvalue weighted by Crippen LogP contribution is 2.28. The Morgan fingerprint density at radius 3 is 2.50 bits per heavy atom. The Bertz CT molecular complexity index is 714. The molecule has 1 saturated heterocycles. The number of piperazine rings is 1. The molecule has 0 bridgehead atoms. The fraction of sp³-hybridized carbons (Fsp3) is 0.412. The third-order valence-electron chi connectivity index (χ3n) is 4.14. The van der Waals surface area contributed by atoms with Gasteiger partial charge in [-0.1, -0.05) is 30.1 Å². The van der Waals surface area contributed by atoms with Crippen molar-refractivity contribution in [3.63, 3.8) is 0 Å². The number of nitrogens with zero attached hydrogens (tertiary/aromatic N) is 4. The first kappa shape index (κ1) is 17.3. The summed E-state index contributed by atoms with van der Waals surface area (Å²) >= 11 is 12.2. The molecule has 1 aromatic carbocycles. The van der Waals surface area contributed by atoms with Crippen LogP contribution < -0.4 is 10.2 Å². The van der Waals surface area contributed by atoms with Crippen molar-refractivity contribution in [2.75, 3.05) is 42.9 Å². The monoisotopic (exact) mass is 365 g/mol. The van der Waals surface area contributed by atoms with Crippen molar-refractivity contribution >= 4 is 40.7 Å². The standard InChI is InChI=1S/C17H21Cl2N5/c1-3-23-6-8-24(9-7-23)17-20-12(2)10-16(22-17)21-15-5-4-13(18)11-14(15)19/h4-5,10-11H,3,6-9H2,1-2H3,(H,20,21,22). The minimum atomic E-state index is 0.567. The van der Waals surface area contributed by atoms with Crippen molar-refractivity contribution in [1.82, 2.24) is 14.9 Å². The van der Waals surface area contributed by atoms with Crippen molar-refractivity contribution in [2.45, 2.75) is 13.8 Å². The van der Waals surface area contributed by atoms with Crippen molar-refractivity contribution < 1.29 is 0 Å². The number of aromatic nitrogens is 2. The Balaban J connectivity index is 1.79. The zero-order valence-electron chi connectivity index (χ0n) is 13.9. The van der Waals surface area contributed by atoms with Crippen LogP contribution in [0.2, 0.25) is 10.0 Å². The summed E-state index contributed by atoms with van der Waals surface area (Å²) in [5.41, 5.74) is 1.70. The number of hydrogen-bond acceptors (Lipinski definition) is 5. The second-order valence-corrected chi connectivity index (χ2v) is 6.71. The van der Waals surface area contributed by atoms with Gasteiger partial charge in [0.15, 0.2) is 0 Å². The highest BCUT2D eigenvalue weighted by atomic mass is 35.5. The maximum absolute atomic E-state index is 6.23. The van der Waals surface area contributed by atoms with Crippen LogP contribution >= 0.6 is 23.2 Å². The topological polar surface area (TPSA) is 44.3 Å². The maximum Gasteiger partial charge on any atom is 0.227 e. The summed E-state index contributed by atoms with van der Waals surface area (Å²) in [5, 5.41) is 4.44. The average Bonchev–Trinajstić information content (AvgIpc) is 2.57. The van der Waals surface area contributed by atoms with Gasteiger partial charge in [-0.3, -0.25) is 0 Å². The largest absolute Gasteiger partial charge is 0.339 e. The van der Waals surface area contributed by atoms with Crippen LogP contribution in [0.15, 0.2) is 24.3 Å². The van der Waals surface area contributed by atoms with Crippen molar-refractivity contribution in [3.05, 3.63) is 40.0 Å². The number of likely N-dealkylation sites (N-methyl/N-ethyl adjacent to an activating group) is 1. The molecule has 5 nitrogen and oxygen atoms in total. The summed E-state index contributed by atoms with van der Waals surface area (Å²) in [6.45, 7) is 9.22. The summed E-state index contributed by atoms with van der Waals surface area (Å²) < 4.78 is 0. The predicted molar refractivity (Wildman–Crippen MR) is 101 cm³/mol. The molecule has 7 heteroatoms. The minimum Gasteiger partial charge on any atom is -0.339 e. The predicted octanol–water partition coefficient (Wildman–Crippen LogP) is 3.98. The minimum absolute atomic E-state index is 0.567. The molecule has 0 spiro atoms. The van der Waals surface area contributed by atoms with Gasteiger partial charge in [0, 0.05) is 43.0 Å². The number of halogens is 2. The van der Waals surface area contributed by atoms with Crippen LogP contribution in [0.5, 0.6) is 0 Å². The number of rotatable bonds is 4. The van der Waals surface area contributed by atoms with Gasteiger partial charge in [-0.25, -0.2) is 4.98 Å². The van der Waals surface area contributed by atoms with Crippen LogP contribution in [-0.2, 0) is 0 Å². The second-order valence-electron chi connectivity index (χ2n) is 5.87. The molecule has 0 amide bonds. The smallest absolute Gasteiger partial charge is 0.227 e. The number of benzene rings is 1. The Morgan fingerprint density at radius 2 is 1.83 bits per heavy atom. The van der Waals surface area contributed by atoms with Crippen LogP contribution in [0.25, 0.3) is 0 Å². The zero-order valence-corrected chi connectivity index (χ0v) is 15.4. The van der Waals surface area contributed by atoms with Crippen LogP contribution in [0.4, 0.5) is 17.5 Å². The molecule has 1 aliphatic heterocycles. The highest BCUT2D eigenvalue weighted by molar-refractivity contribution is 6.36. The van der Waals surface area contributed by atoms with Gasteiger partial charge in [0.2, 0.25) is 5.95 Å². The Labute approximate surface area is 152 Å². The SMILES string of the molecule is CCN1CCN(c2nc(C)cc(Nc3ccc(Cl)cc3Cl)n2)CC1. The molecule has 1 aliphatic rings. The molecule has 0 atom stereocenters. The maximum atomic E-state index is 6.23. The van der Waals surface area contributed by atoms with Gasteiger partial charge in [0.1, 0.15) is 5.82 Å². The van der Waals surface area contributed by atoms with Gasteiger partial charge in [0.05, 0.1) is 10.7 Å². The fourth-order valence-corrected chi connectivity index (χ4v) is 3.21. The lowest BCUT2D eigenvalue weighted by Gasteiger charge is -2.34. The fourth-order valence-electron chi connectivity index (χ4n) is 2.75. The van der Waals surface area contributed by atoms with Gasteiger partial charge < -0.3 is 15.1 Å². The van der Waals surface area contributed by atoms with Gasteiger partial charge in [-0.2, -0.15) is 4.98 Å². The van der Waals surface area contributed by atoms with Gasteiger partial charge in [-0.15, -0.1) is 0 Å². The molecule has 0 radical (unpaired) electrons. The molecule has 1 fully saturated rings. The summed E-state index contributed by atoms with van der Waals surface area (Å²) in [6.07, 6.45) is 0. The second kappa shape index (κ2) is 7.55. The Hall–Kier alpha value is -1.56. The third kappa shape index (κ3) is 4.09. The number of hydrogen-bond donors (Lipinski definition) is 1. The third-order valence-corrected chi connectivity index (χ3v) is 4.69. The summed E-state index contributed by atoms with van der Waals surface area (Å²) in [7, 11) is 0. The summed E-state index contributed by atoms with van der Waals surface area (Å²) in [4.78, 5) is 13.9. The van der Waals surface area contributed by atoms with E-state index in [-0.39, 0.29) is 0 Å². The molecule has 1 N–H and O–H groups in total. The molecule has 0 saturated carbocycles. The van der Waals surface area contributed by atoms with E-state index < -0.39 is 0 Å². The lowest BCUT2D eigenvalue weighted by Crippen LogP contribution is -2.46. The lowest BCUT2D eigenvalue weighted by atomic mass is 10.3. The molecule has 24 heavy (non-hydrogen) atoms. The molecule has 2 aromatic rings. The highest BCUT2D eigenvalue weighted by Gasteiger charge is 2.18. The van der Waals surface area contributed by atoms with Gasteiger partial charge >= 0.3 is 0 Å². The van der Waals surface area contributed by atoms with E-state index in [9.17, 15) is 0 Å². The van der Waals surface area contributed by atoms with Crippen LogP contribution in [0, 0.1) is 6.92 Å². The molecule has 1 aromatic heterocycles. The molecular formula is C17H21Cl2N5. The van der Waals surface area contributed by atoms with E-state index in [4.69, 9.17) is 23.2 Å². The van der Waals surface area contributed by atoms with E-state index in [1.165, 1.54) is 0 Å². The van der Waals surface area contributed by atoms with E-state index in [1.807, 2.05) is 19.1 Å². The summed E-state index contributed by atoms with van der Waals surface area (Å²) in [5.74, 6) is 1.50. The first-order valence-corrected chi connectivity index (χ1v) is 8.86. The first-order chi connectivity index (χ1) is 11.5. The Morgan fingerprint density at radius 1 is 1.08 bits per heavy atom. The molecular weight excluding hydrogens is 345 g/mol. The lowest BCUT2D eigenvalue weighted by molar-refractivity contribution is 0.270. The quantitative estimate of drug-likeness (QED) is 0.887. The number of anilines is 3. The number of nitrogens with one attached hydrogen (secondary N) is 1. The molecule has 0 unspecified atom stereocenters. The normalized spacial score (nSPS) is 15.6. The van der Waals surface area contributed by atoms with Crippen molar-refractivity contribution in [2.24, 2.45) is 0 Å². The number of aryl methyl sites for hydroxylation is 1. The zero-order chi connectivity index (χ0) is 17.1. The molecule has 2 heterocycles.